The Morgan fingerprint density at radius 3 is 2.72 bits per heavy atom. The minimum atomic E-state index is 0.133. The van der Waals surface area contributed by atoms with Crippen LogP contribution in [0.3, 0.4) is 0 Å². The Hall–Kier alpha value is -1.46. The molecule has 0 aliphatic heterocycles. The molecule has 18 heavy (non-hydrogen) atoms. The van der Waals surface area contributed by atoms with Crippen LogP contribution in [0.1, 0.15) is 39.7 Å². The van der Waals surface area contributed by atoms with Crippen molar-refractivity contribution in [1.29, 1.82) is 0 Å². The molecule has 0 fully saturated rings. The molecule has 1 aromatic carbocycles. The highest BCUT2D eigenvalue weighted by Crippen LogP contribution is 2.14. The SMILES string of the molecule is CC#CCCOc1cccc(CNC(C)(C)C)c1. The van der Waals surface area contributed by atoms with Crippen LogP contribution in [0.5, 0.6) is 5.75 Å². The maximum atomic E-state index is 5.65. The van der Waals surface area contributed by atoms with E-state index in [0.717, 1.165) is 18.7 Å². The zero-order chi connectivity index (χ0) is 13.4. The molecule has 1 aromatic rings. The van der Waals surface area contributed by atoms with E-state index in [0.29, 0.717) is 6.61 Å². The van der Waals surface area contributed by atoms with Gasteiger partial charge in [-0.15, -0.1) is 11.8 Å². The molecule has 1 rings (SSSR count). The fourth-order valence-electron chi connectivity index (χ4n) is 1.46. The monoisotopic (exact) mass is 245 g/mol. The van der Waals surface area contributed by atoms with E-state index in [9.17, 15) is 0 Å². The van der Waals surface area contributed by atoms with E-state index >= 15 is 0 Å². The molecule has 0 aliphatic rings. The number of hydrogen-bond donors (Lipinski definition) is 1. The lowest BCUT2D eigenvalue weighted by Crippen LogP contribution is -2.35. The van der Waals surface area contributed by atoms with Gasteiger partial charge in [0.2, 0.25) is 0 Å². The molecule has 2 heteroatoms. The van der Waals surface area contributed by atoms with Gasteiger partial charge in [-0.3, -0.25) is 0 Å². The number of hydrogen-bond acceptors (Lipinski definition) is 2. The summed E-state index contributed by atoms with van der Waals surface area (Å²) in [5, 5.41) is 3.46. The smallest absolute Gasteiger partial charge is 0.119 e. The Bertz CT molecular complexity index is 421. The molecule has 0 heterocycles. The Morgan fingerprint density at radius 2 is 2.06 bits per heavy atom. The van der Waals surface area contributed by atoms with Crippen molar-refractivity contribution in [3.8, 4) is 17.6 Å². The fourth-order valence-corrected chi connectivity index (χ4v) is 1.46. The third-order valence-electron chi connectivity index (χ3n) is 2.39. The molecule has 0 saturated carbocycles. The molecule has 2 nitrogen and oxygen atoms in total. The predicted molar refractivity (Wildman–Crippen MR) is 76.6 cm³/mol. The van der Waals surface area contributed by atoms with Crippen molar-refractivity contribution in [3.63, 3.8) is 0 Å². The molecule has 0 unspecified atom stereocenters. The number of ether oxygens (including phenoxy) is 1. The van der Waals surface area contributed by atoms with Crippen molar-refractivity contribution in [2.45, 2.75) is 46.2 Å². The van der Waals surface area contributed by atoms with Gasteiger partial charge in [-0.25, -0.2) is 0 Å². The third-order valence-corrected chi connectivity index (χ3v) is 2.39. The Morgan fingerprint density at radius 1 is 1.28 bits per heavy atom. The summed E-state index contributed by atoms with van der Waals surface area (Å²) >= 11 is 0. The Balaban J connectivity index is 2.48. The van der Waals surface area contributed by atoms with Crippen LogP contribution in [-0.2, 0) is 6.54 Å². The first-order chi connectivity index (χ1) is 8.51. The van der Waals surface area contributed by atoms with Crippen molar-refractivity contribution in [2.24, 2.45) is 0 Å². The lowest BCUT2D eigenvalue weighted by Gasteiger charge is -2.20. The molecule has 0 saturated heterocycles. The highest BCUT2D eigenvalue weighted by molar-refractivity contribution is 5.28. The van der Waals surface area contributed by atoms with Gasteiger partial charge < -0.3 is 10.1 Å². The van der Waals surface area contributed by atoms with Crippen molar-refractivity contribution >= 4 is 0 Å². The second-order valence-electron chi connectivity index (χ2n) is 5.28. The number of benzene rings is 1. The standard InChI is InChI=1S/C16H23NO/c1-5-6-7-11-18-15-10-8-9-14(12-15)13-17-16(2,3)4/h8-10,12,17H,7,11,13H2,1-4H3. The van der Waals surface area contributed by atoms with E-state index in [1.165, 1.54) is 5.56 Å². The van der Waals surface area contributed by atoms with Crippen LogP contribution in [0.25, 0.3) is 0 Å². The molecule has 98 valence electrons. The molecule has 0 aliphatic carbocycles. The molecule has 0 atom stereocenters. The minimum Gasteiger partial charge on any atom is -0.493 e. The number of nitrogens with one attached hydrogen (secondary N) is 1. The van der Waals surface area contributed by atoms with Gasteiger partial charge in [-0.05, 0) is 45.4 Å². The van der Waals surface area contributed by atoms with Crippen LogP contribution in [0.15, 0.2) is 24.3 Å². The van der Waals surface area contributed by atoms with Crippen molar-refractivity contribution in [2.75, 3.05) is 6.61 Å². The second kappa shape index (κ2) is 7.08. The zero-order valence-corrected chi connectivity index (χ0v) is 11.8. The normalized spacial score (nSPS) is 10.7. The summed E-state index contributed by atoms with van der Waals surface area (Å²) in [6.45, 7) is 9.84. The lowest BCUT2D eigenvalue weighted by atomic mass is 10.1. The quantitative estimate of drug-likeness (QED) is 0.634. The van der Waals surface area contributed by atoms with Gasteiger partial charge in [0.05, 0.1) is 6.61 Å². The first-order valence-corrected chi connectivity index (χ1v) is 6.37. The van der Waals surface area contributed by atoms with Crippen molar-refractivity contribution in [1.82, 2.24) is 5.32 Å². The number of rotatable bonds is 5. The molecule has 0 spiro atoms. The van der Waals surface area contributed by atoms with Gasteiger partial charge in [-0.2, -0.15) is 0 Å². The van der Waals surface area contributed by atoms with Crippen LogP contribution in [-0.4, -0.2) is 12.1 Å². The zero-order valence-electron chi connectivity index (χ0n) is 11.8. The van der Waals surface area contributed by atoms with Crippen molar-refractivity contribution < 1.29 is 4.74 Å². The topological polar surface area (TPSA) is 21.3 Å². The molecular weight excluding hydrogens is 222 g/mol. The maximum Gasteiger partial charge on any atom is 0.119 e. The van der Waals surface area contributed by atoms with Gasteiger partial charge in [0, 0.05) is 18.5 Å². The Labute approximate surface area is 111 Å². The van der Waals surface area contributed by atoms with Crippen LogP contribution >= 0.6 is 0 Å². The fraction of sp³-hybridized carbons (Fsp3) is 0.500. The molecule has 0 amide bonds. The Kier molecular flexibility index (Phi) is 5.74. The van der Waals surface area contributed by atoms with Gasteiger partial charge in [0.15, 0.2) is 0 Å². The highest BCUT2D eigenvalue weighted by Gasteiger charge is 2.08. The van der Waals surface area contributed by atoms with E-state index in [4.69, 9.17) is 4.74 Å². The van der Waals surface area contributed by atoms with Gasteiger partial charge in [0.1, 0.15) is 5.75 Å². The molecule has 0 radical (unpaired) electrons. The first-order valence-electron chi connectivity index (χ1n) is 6.37. The summed E-state index contributed by atoms with van der Waals surface area (Å²) in [4.78, 5) is 0. The van der Waals surface area contributed by atoms with E-state index < -0.39 is 0 Å². The van der Waals surface area contributed by atoms with Crippen LogP contribution < -0.4 is 10.1 Å². The average Bonchev–Trinajstić information content (AvgIpc) is 2.32. The summed E-state index contributed by atoms with van der Waals surface area (Å²) in [6.07, 6.45) is 0.779. The van der Waals surface area contributed by atoms with Crippen LogP contribution in [0, 0.1) is 11.8 Å². The maximum absolute atomic E-state index is 5.65. The van der Waals surface area contributed by atoms with Crippen LogP contribution in [0.4, 0.5) is 0 Å². The van der Waals surface area contributed by atoms with Gasteiger partial charge in [-0.1, -0.05) is 12.1 Å². The minimum absolute atomic E-state index is 0.133. The molecule has 1 N–H and O–H groups in total. The van der Waals surface area contributed by atoms with Gasteiger partial charge in [0.25, 0.3) is 0 Å². The van der Waals surface area contributed by atoms with Crippen molar-refractivity contribution in [3.05, 3.63) is 29.8 Å². The van der Waals surface area contributed by atoms with E-state index in [1.807, 2.05) is 19.1 Å². The van der Waals surface area contributed by atoms with E-state index in [2.05, 4.69) is 50.1 Å². The summed E-state index contributed by atoms with van der Waals surface area (Å²) in [5.41, 5.74) is 1.37. The largest absolute Gasteiger partial charge is 0.493 e. The lowest BCUT2D eigenvalue weighted by molar-refractivity contribution is 0.326. The highest BCUT2D eigenvalue weighted by atomic mass is 16.5. The predicted octanol–water partition coefficient (Wildman–Crippen LogP) is 3.37. The van der Waals surface area contributed by atoms with E-state index in [1.54, 1.807) is 0 Å². The van der Waals surface area contributed by atoms with Gasteiger partial charge >= 0.3 is 0 Å². The summed E-state index contributed by atoms with van der Waals surface area (Å²) in [6, 6.07) is 8.20. The molecule has 0 aromatic heterocycles. The first kappa shape index (κ1) is 14.6. The van der Waals surface area contributed by atoms with Crippen LogP contribution in [0.2, 0.25) is 0 Å². The summed E-state index contributed by atoms with van der Waals surface area (Å²) in [5.74, 6) is 6.77. The third kappa shape index (κ3) is 6.32. The molecule has 0 bridgehead atoms. The summed E-state index contributed by atoms with van der Waals surface area (Å²) in [7, 11) is 0. The summed E-state index contributed by atoms with van der Waals surface area (Å²) < 4.78 is 5.65. The average molecular weight is 245 g/mol. The second-order valence-corrected chi connectivity index (χ2v) is 5.28. The molecular formula is C16H23NO. The van der Waals surface area contributed by atoms with E-state index in [-0.39, 0.29) is 5.54 Å².